The van der Waals surface area contributed by atoms with Crippen LogP contribution in [0.4, 0.5) is 17.1 Å². The Morgan fingerprint density at radius 3 is 2.48 bits per heavy atom. The zero-order valence-electron chi connectivity index (χ0n) is 16.4. The van der Waals surface area contributed by atoms with Crippen molar-refractivity contribution in [2.24, 2.45) is 0 Å². The molecule has 0 atom stereocenters. The van der Waals surface area contributed by atoms with E-state index in [9.17, 15) is 4.79 Å². The second-order valence-electron chi connectivity index (χ2n) is 6.24. The highest BCUT2D eigenvalue weighted by Crippen LogP contribution is 2.27. The fourth-order valence-corrected chi connectivity index (χ4v) is 3.09. The second kappa shape index (κ2) is 10.1. The molecule has 27 heavy (non-hydrogen) atoms. The number of aryl methyl sites for hydroxylation is 1. The molecule has 1 amide bonds. The highest BCUT2D eigenvalue weighted by atomic mass is 35.5. The summed E-state index contributed by atoms with van der Waals surface area (Å²) in [5.41, 5.74) is 3.84. The van der Waals surface area contributed by atoms with Crippen molar-refractivity contribution in [1.29, 1.82) is 0 Å². The van der Waals surface area contributed by atoms with Gasteiger partial charge in [-0.15, -0.1) is 0 Å². The minimum atomic E-state index is -0.0396. The second-order valence-corrected chi connectivity index (χ2v) is 6.68. The number of anilines is 3. The largest absolute Gasteiger partial charge is 0.495 e. The quantitative estimate of drug-likeness (QED) is 0.637. The maximum atomic E-state index is 12.3. The molecule has 146 valence electrons. The molecule has 0 aliphatic carbocycles. The summed E-state index contributed by atoms with van der Waals surface area (Å²) in [6.45, 7) is 8.68. The Kier molecular flexibility index (Phi) is 7.80. The topological polar surface area (TPSA) is 53.6 Å². The van der Waals surface area contributed by atoms with E-state index in [4.69, 9.17) is 16.3 Å². The van der Waals surface area contributed by atoms with Crippen molar-refractivity contribution < 1.29 is 9.53 Å². The summed E-state index contributed by atoms with van der Waals surface area (Å²) < 4.78 is 5.29. The lowest BCUT2D eigenvalue weighted by Crippen LogP contribution is -2.22. The van der Waals surface area contributed by atoms with Crippen LogP contribution in [0.25, 0.3) is 0 Å². The average Bonchev–Trinajstić information content (AvgIpc) is 2.65. The van der Waals surface area contributed by atoms with Crippen molar-refractivity contribution in [3.8, 4) is 5.75 Å². The minimum absolute atomic E-state index is 0.0396. The van der Waals surface area contributed by atoms with Gasteiger partial charge in [-0.05, 0) is 62.7 Å². The molecule has 6 heteroatoms. The number of amides is 1. The van der Waals surface area contributed by atoms with Gasteiger partial charge in [-0.25, -0.2) is 0 Å². The number of hydrogen-bond donors (Lipinski definition) is 2. The van der Waals surface area contributed by atoms with E-state index in [-0.39, 0.29) is 5.91 Å². The lowest BCUT2D eigenvalue weighted by Gasteiger charge is -2.22. The minimum Gasteiger partial charge on any atom is -0.495 e. The lowest BCUT2D eigenvalue weighted by molar-refractivity contribution is -0.115. The molecular formula is C21H28ClN3O2. The van der Waals surface area contributed by atoms with Gasteiger partial charge in [0.15, 0.2) is 0 Å². The predicted octanol–water partition coefficient (Wildman–Crippen LogP) is 4.94. The Hall–Kier alpha value is -2.40. The number of halogens is 1. The predicted molar refractivity (Wildman–Crippen MR) is 114 cm³/mol. The van der Waals surface area contributed by atoms with Crippen molar-refractivity contribution in [2.75, 3.05) is 42.3 Å². The Morgan fingerprint density at radius 2 is 1.85 bits per heavy atom. The Morgan fingerprint density at radius 1 is 1.11 bits per heavy atom. The molecule has 0 bridgehead atoms. The molecule has 2 aromatic carbocycles. The first-order valence-electron chi connectivity index (χ1n) is 9.21. The van der Waals surface area contributed by atoms with Gasteiger partial charge in [0, 0.05) is 42.5 Å². The number of carbonyl (C=O) groups is 1. The molecule has 0 aliphatic rings. The van der Waals surface area contributed by atoms with Gasteiger partial charge in [-0.1, -0.05) is 11.6 Å². The Labute approximate surface area is 166 Å². The number of carbonyl (C=O) groups excluding carboxylic acids is 1. The molecule has 0 aliphatic heterocycles. The van der Waals surface area contributed by atoms with Gasteiger partial charge in [-0.3, -0.25) is 4.79 Å². The summed E-state index contributed by atoms with van der Waals surface area (Å²) in [5.74, 6) is 0.657. The summed E-state index contributed by atoms with van der Waals surface area (Å²) in [7, 11) is 1.60. The number of benzene rings is 2. The SMILES string of the molecule is CCN(CC)c1ccc(NC(=O)CCNc2cc(Cl)ccc2OC)c(C)c1. The van der Waals surface area contributed by atoms with E-state index < -0.39 is 0 Å². The molecule has 0 radical (unpaired) electrons. The van der Waals surface area contributed by atoms with Crippen LogP contribution in [0.2, 0.25) is 5.02 Å². The van der Waals surface area contributed by atoms with Crippen LogP contribution in [-0.4, -0.2) is 32.7 Å². The van der Waals surface area contributed by atoms with Crippen LogP contribution >= 0.6 is 11.6 Å². The van der Waals surface area contributed by atoms with E-state index in [1.165, 1.54) is 5.69 Å². The van der Waals surface area contributed by atoms with E-state index in [1.807, 2.05) is 19.1 Å². The van der Waals surface area contributed by atoms with Crippen LogP contribution in [0, 0.1) is 6.92 Å². The summed E-state index contributed by atoms with van der Waals surface area (Å²) in [6, 6.07) is 11.5. The normalized spacial score (nSPS) is 10.4. The van der Waals surface area contributed by atoms with Crippen molar-refractivity contribution in [1.82, 2.24) is 0 Å². The molecule has 0 saturated carbocycles. The number of rotatable bonds is 9. The smallest absolute Gasteiger partial charge is 0.226 e. The average molecular weight is 390 g/mol. The molecule has 0 unspecified atom stereocenters. The maximum Gasteiger partial charge on any atom is 0.226 e. The van der Waals surface area contributed by atoms with Gasteiger partial charge in [0.25, 0.3) is 0 Å². The molecular weight excluding hydrogens is 362 g/mol. The Balaban J connectivity index is 1.92. The zero-order chi connectivity index (χ0) is 19.8. The number of nitrogens with zero attached hydrogens (tertiary/aromatic N) is 1. The first-order valence-corrected chi connectivity index (χ1v) is 9.59. The van der Waals surface area contributed by atoms with Crippen LogP contribution in [0.3, 0.4) is 0 Å². The molecule has 5 nitrogen and oxygen atoms in total. The van der Waals surface area contributed by atoms with Gasteiger partial charge in [0.2, 0.25) is 5.91 Å². The fourth-order valence-electron chi connectivity index (χ4n) is 2.92. The third kappa shape index (κ3) is 5.79. The summed E-state index contributed by atoms with van der Waals surface area (Å²) >= 11 is 6.02. The first kappa shape index (κ1) is 20.9. The maximum absolute atomic E-state index is 12.3. The fraction of sp³-hybridized carbons (Fsp3) is 0.381. The number of ether oxygens (including phenoxy) is 1. The molecule has 2 rings (SSSR count). The van der Waals surface area contributed by atoms with Crippen molar-refractivity contribution >= 4 is 34.6 Å². The molecule has 2 aromatic rings. The van der Waals surface area contributed by atoms with Crippen molar-refractivity contribution in [2.45, 2.75) is 27.2 Å². The first-order chi connectivity index (χ1) is 13.0. The van der Waals surface area contributed by atoms with Crippen LogP contribution in [-0.2, 0) is 4.79 Å². The third-order valence-corrected chi connectivity index (χ3v) is 4.68. The van der Waals surface area contributed by atoms with E-state index in [2.05, 4.69) is 35.4 Å². The summed E-state index contributed by atoms with van der Waals surface area (Å²) in [6.07, 6.45) is 0.340. The highest BCUT2D eigenvalue weighted by Gasteiger charge is 2.09. The Bertz CT molecular complexity index is 776. The van der Waals surface area contributed by atoms with Crippen molar-refractivity contribution in [3.63, 3.8) is 0 Å². The van der Waals surface area contributed by atoms with Gasteiger partial charge >= 0.3 is 0 Å². The van der Waals surface area contributed by atoms with Gasteiger partial charge in [-0.2, -0.15) is 0 Å². The zero-order valence-corrected chi connectivity index (χ0v) is 17.2. The van der Waals surface area contributed by atoms with Gasteiger partial charge in [0.1, 0.15) is 5.75 Å². The molecule has 0 heterocycles. The lowest BCUT2D eigenvalue weighted by atomic mass is 10.1. The van der Waals surface area contributed by atoms with Crippen LogP contribution < -0.4 is 20.3 Å². The molecule has 0 spiro atoms. The monoisotopic (exact) mass is 389 g/mol. The number of hydrogen-bond acceptors (Lipinski definition) is 4. The summed E-state index contributed by atoms with van der Waals surface area (Å²) in [5, 5.41) is 6.80. The standard InChI is InChI=1S/C21H28ClN3O2/c1-5-25(6-2)17-8-9-18(15(3)13-17)24-21(26)11-12-23-19-14-16(22)7-10-20(19)27-4/h7-10,13-14,23H,5-6,11-12H2,1-4H3,(H,24,26). The van der Waals surface area contributed by atoms with Crippen LogP contribution in [0.15, 0.2) is 36.4 Å². The molecule has 0 fully saturated rings. The van der Waals surface area contributed by atoms with Gasteiger partial charge < -0.3 is 20.3 Å². The van der Waals surface area contributed by atoms with E-state index in [1.54, 1.807) is 25.3 Å². The third-order valence-electron chi connectivity index (χ3n) is 4.44. The van der Waals surface area contributed by atoms with Crippen LogP contribution in [0.5, 0.6) is 5.75 Å². The van der Waals surface area contributed by atoms with Crippen LogP contribution in [0.1, 0.15) is 25.8 Å². The number of methoxy groups -OCH3 is 1. The molecule has 0 aromatic heterocycles. The molecule has 0 saturated heterocycles. The highest BCUT2D eigenvalue weighted by molar-refractivity contribution is 6.30. The summed E-state index contributed by atoms with van der Waals surface area (Å²) in [4.78, 5) is 14.6. The van der Waals surface area contributed by atoms with Gasteiger partial charge in [0.05, 0.1) is 12.8 Å². The van der Waals surface area contributed by atoms with E-state index in [0.29, 0.717) is 23.7 Å². The van der Waals surface area contributed by atoms with Crippen molar-refractivity contribution in [3.05, 3.63) is 47.0 Å². The number of nitrogens with one attached hydrogen (secondary N) is 2. The van der Waals surface area contributed by atoms with E-state index in [0.717, 1.165) is 30.0 Å². The van der Waals surface area contributed by atoms with E-state index >= 15 is 0 Å². The molecule has 2 N–H and O–H groups in total.